The summed E-state index contributed by atoms with van der Waals surface area (Å²) in [6.07, 6.45) is 1.70. The Hall–Kier alpha value is -2.83. The Morgan fingerprint density at radius 3 is 2.31 bits per heavy atom. The normalized spacial score (nSPS) is 26.5. The van der Waals surface area contributed by atoms with Gasteiger partial charge in [0, 0.05) is 16.5 Å². The van der Waals surface area contributed by atoms with Gasteiger partial charge in [-0.1, -0.05) is 57.2 Å². The highest BCUT2D eigenvalue weighted by atomic mass is 16.6. The van der Waals surface area contributed by atoms with Crippen LogP contribution in [0.2, 0.25) is 0 Å². The van der Waals surface area contributed by atoms with Crippen LogP contribution in [0.25, 0.3) is 0 Å². The third-order valence-electron chi connectivity index (χ3n) is 8.23. The molecule has 35 heavy (non-hydrogen) atoms. The number of esters is 1. The number of fused-ring (bicyclic) bond motifs is 2. The van der Waals surface area contributed by atoms with Crippen LogP contribution in [0.15, 0.2) is 54.1 Å². The molecule has 2 aromatic rings. The summed E-state index contributed by atoms with van der Waals surface area (Å²) in [4.78, 5) is 13.2. The number of allylic oxidation sites excluding steroid dienone is 1. The highest BCUT2D eigenvalue weighted by Gasteiger charge is 2.57. The SMILES string of the molecule is COc1ccc(OC)c2c1CC1(C)C(OC(=O)C(O)C(N)c3ccccc3)C(C)=CCC1C2(C)C. The molecule has 6 nitrogen and oxygen atoms in total. The van der Waals surface area contributed by atoms with Crippen molar-refractivity contribution in [3.63, 3.8) is 0 Å². The molecule has 0 fully saturated rings. The molecule has 5 unspecified atom stereocenters. The fourth-order valence-electron chi connectivity index (χ4n) is 6.54. The summed E-state index contributed by atoms with van der Waals surface area (Å²) in [6.45, 7) is 8.63. The molecule has 6 heteroatoms. The van der Waals surface area contributed by atoms with Crippen LogP contribution < -0.4 is 15.2 Å². The number of hydrogen-bond donors (Lipinski definition) is 2. The maximum Gasteiger partial charge on any atom is 0.337 e. The number of aliphatic hydroxyl groups excluding tert-OH is 1. The molecule has 4 rings (SSSR count). The first kappa shape index (κ1) is 25.3. The second-order valence-corrected chi connectivity index (χ2v) is 10.7. The van der Waals surface area contributed by atoms with E-state index in [4.69, 9.17) is 19.9 Å². The van der Waals surface area contributed by atoms with E-state index in [1.165, 1.54) is 0 Å². The predicted octanol–water partition coefficient (Wildman–Crippen LogP) is 4.48. The molecule has 2 aromatic carbocycles. The minimum atomic E-state index is -1.47. The number of ether oxygens (including phenoxy) is 3. The average Bonchev–Trinajstić information content (AvgIpc) is 2.84. The number of carbonyl (C=O) groups excluding carboxylic acids is 1. The fourth-order valence-corrected chi connectivity index (χ4v) is 6.54. The Kier molecular flexibility index (Phi) is 6.73. The molecule has 188 valence electrons. The number of aliphatic hydroxyl groups is 1. The van der Waals surface area contributed by atoms with E-state index in [-0.39, 0.29) is 11.3 Å². The van der Waals surface area contributed by atoms with Crippen LogP contribution in [-0.2, 0) is 21.4 Å². The Labute approximate surface area is 208 Å². The van der Waals surface area contributed by atoms with Crippen molar-refractivity contribution >= 4 is 5.97 Å². The molecule has 0 saturated carbocycles. The molecule has 0 amide bonds. The Morgan fingerprint density at radius 2 is 1.69 bits per heavy atom. The van der Waals surface area contributed by atoms with Gasteiger partial charge in [0.1, 0.15) is 17.6 Å². The van der Waals surface area contributed by atoms with E-state index in [0.29, 0.717) is 12.0 Å². The summed E-state index contributed by atoms with van der Waals surface area (Å²) in [6, 6.07) is 12.1. The summed E-state index contributed by atoms with van der Waals surface area (Å²) < 4.78 is 17.6. The molecule has 3 N–H and O–H groups in total. The number of benzene rings is 2. The number of carbonyl (C=O) groups is 1. The van der Waals surface area contributed by atoms with Gasteiger partial charge in [0.25, 0.3) is 0 Å². The van der Waals surface area contributed by atoms with E-state index >= 15 is 0 Å². The molecule has 5 atom stereocenters. The largest absolute Gasteiger partial charge is 0.496 e. The van der Waals surface area contributed by atoms with E-state index in [1.54, 1.807) is 26.4 Å². The second-order valence-electron chi connectivity index (χ2n) is 10.7. The van der Waals surface area contributed by atoms with Gasteiger partial charge in [0.15, 0.2) is 6.10 Å². The quantitative estimate of drug-likeness (QED) is 0.469. The maximum atomic E-state index is 13.2. The lowest BCUT2D eigenvalue weighted by atomic mass is 9.49. The van der Waals surface area contributed by atoms with E-state index < -0.39 is 29.6 Å². The van der Waals surface area contributed by atoms with Crippen molar-refractivity contribution in [1.82, 2.24) is 0 Å². The molecule has 0 aliphatic heterocycles. The molecule has 2 aliphatic rings. The van der Waals surface area contributed by atoms with Crippen LogP contribution in [0.1, 0.15) is 56.8 Å². The van der Waals surface area contributed by atoms with Crippen molar-refractivity contribution in [3.8, 4) is 11.5 Å². The number of hydrogen-bond acceptors (Lipinski definition) is 6. The van der Waals surface area contributed by atoms with Crippen molar-refractivity contribution in [2.75, 3.05) is 14.2 Å². The highest BCUT2D eigenvalue weighted by Crippen LogP contribution is 2.60. The van der Waals surface area contributed by atoms with Crippen LogP contribution >= 0.6 is 0 Å². The Bertz CT molecular complexity index is 1130. The summed E-state index contributed by atoms with van der Waals surface area (Å²) >= 11 is 0. The van der Waals surface area contributed by atoms with Gasteiger partial charge in [-0.2, -0.15) is 0 Å². The average molecular weight is 480 g/mol. The monoisotopic (exact) mass is 479 g/mol. The lowest BCUT2D eigenvalue weighted by molar-refractivity contribution is -0.169. The van der Waals surface area contributed by atoms with Crippen molar-refractivity contribution < 1.29 is 24.1 Å². The molecule has 0 bridgehead atoms. The molecule has 0 radical (unpaired) electrons. The lowest BCUT2D eigenvalue weighted by Gasteiger charge is -2.56. The van der Waals surface area contributed by atoms with Gasteiger partial charge in [-0.15, -0.1) is 0 Å². The van der Waals surface area contributed by atoms with Gasteiger partial charge < -0.3 is 25.1 Å². The minimum absolute atomic E-state index is 0.171. The van der Waals surface area contributed by atoms with Crippen LogP contribution in [0.5, 0.6) is 11.5 Å². The van der Waals surface area contributed by atoms with Gasteiger partial charge >= 0.3 is 5.97 Å². The van der Waals surface area contributed by atoms with Crippen LogP contribution in [-0.4, -0.2) is 37.5 Å². The molecule has 0 aromatic heterocycles. The summed E-state index contributed by atoms with van der Waals surface area (Å²) in [5.41, 5.74) is 9.42. The van der Waals surface area contributed by atoms with Crippen molar-refractivity contribution in [3.05, 3.63) is 70.8 Å². The second kappa shape index (κ2) is 9.32. The number of rotatable bonds is 6. The highest BCUT2D eigenvalue weighted by molar-refractivity contribution is 5.76. The van der Waals surface area contributed by atoms with Gasteiger partial charge in [-0.3, -0.25) is 0 Å². The standard InChI is InChI=1S/C29H37NO5/c1-17-12-15-22-28(2,3)23-19(20(33-5)13-14-21(23)34-6)16-29(22,4)26(17)35-27(32)25(31)24(30)18-10-8-7-9-11-18/h7-14,22,24-26,31H,15-16,30H2,1-6H3. The third-order valence-corrected chi connectivity index (χ3v) is 8.23. The minimum Gasteiger partial charge on any atom is -0.496 e. The van der Waals surface area contributed by atoms with E-state index in [9.17, 15) is 9.90 Å². The maximum absolute atomic E-state index is 13.2. The van der Waals surface area contributed by atoms with E-state index in [0.717, 1.165) is 34.6 Å². The smallest absolute Gasteiger partial charge is 0.337 e. The molecule has 0 heterocycles. The lowest BCUT2D eigenvalue weighted by Crippen LogP contribution is -2.56. The van der Waals surface area contributed by atoms with E-state index in [2.05, 4.69) is 26.8 Å². The summed E-state index contributed by atoms with van der Waals surface area (Å²) in [5, 5.41) is 10.8. The van der Waals surface area contributed by atoms with Crippen LogP contribution in [0.4, 0.5) is 0 Å². The predicted molar refractivity (Wildman–Crippen MR) is 136 cm³/mol. The first-order valence-corrected chi connectivity index (χ1v) is 12.2. The van der Waals surface area contributed by atoms with Gasteiger partial charge in [0.2, 0.25) is 0 Å². The third kappa shape index (κ3) is 4.13. The van der Waals surface area contributed by atoms with Gasteiger partial charge in [0.05, 0.1) is 20.3 Å². The topological polar surface area (TPSA) is 91.0 Å². The van der Waals surface area contributed by atoms with Gasteiger partial charge in [-0.05, 0) is 54.4 Å². The molecule has 2 aliphatic carbocycles. The van der Waals surface area contributed by atoms with Crippen molar-refractivity contribution in [1.29, 1.82) is 0 Å². The van der Waals surface area contributed by atoms with Crippen LogP contribution in [0, 0.1) is 11.3 Å². The molecule has 0 saturated heterocycles. The Morgan fingerprint density at radius 1 is 1.06 bits per heavy atom. The first-order chi connectivity index (χ1) is 16.6. The number of methoxy groups -OCH3 is 2. The number of nitrogens with two attached hydrogens (primary N) is 1. The van der Waals surface area contributed by atoms with Crippen molar-refractivity contribution in [2.45, 2.75) is 64.2 Å². The summed E-state index contributed by atoms with van der Waals surface area (Å²) in [5.74, 6) is 1.11. The fraction of sp³-hybridized carbons (Fsp3) is 0.483. The zero-order valence-corrected chi connectivity index (χ0v) is 21.5. The van der Waals surface area contributed by atoms with Gasteiger partial charge in [-0.25, -0.2) is 4.79 Å². The first-order valence-electron chi connectivity index (χ1n) is 12.2. The Balaban J connectivity index is 1.71. The molecule has 0 spiro atoms. The molecular weight excluding hydrogens is 442 g/mol. The zero-order valence-electron chi connectivity index (χ0n) is 21.5. The van der Waals surface area contributed by atoms with Crippen molar-refractivity contribution in [2.24, 2.45) is 17.1 Å². The van der Waals surface area contributed by atoms with E-state index in [1.807, 2.05) is 37.3 Å². The zero-order chi connectivity index (χ0) is 25.5. The summed E-state index contributed by atoms with van der Waals surface area (Å²) in [7, 11) is 3.37. The van der Waals surface area contributed by atoms with Crippen LogP contribution in [0.3, 0.4) is 0 Å². The molecular formula is C29H37NO5.